The van der Waals surface area contributed by atoms with E-state index in [0.29, 0.717) is 11.8 Å². The lowest BCUT2D eigenvalue weighted by molar-refractivity contribution is 0.0690. The molecular weight excluding hydrogens is 370 g/mol. The highest BCUT2D eigenvalue weighted by Crippen LogP contribution is 2.34. The van der Waals surface area contributed by atoms with Crippen molar-refractivity contribution in [3.05, 3.63) is 59.7 Å². The van der Waals surface area contributed by atoms with Crippen LogP contribution in [0.25, 0.3) is 11.3 Å². The smallest absolute Gasteiger partial charge is 0.354 e. The number of furan rings is 1. The molecule has 0 radical (unpaired) electrons. The molecule has 0 saturated carbocycles. The first-order valence-corrected chi connectivity index (χ1v) is 9.44. The number of carboxylic acid groups (broad SMARTS) is 1. The summed E-state index contributed by atoms with van der Waals surface area (Å²) in [6.07, 6.45) is 4.14. The van der Waals surface area contributed by atoms with Crippen LogP contribution < -0.4 is 10.1 Å². The first kappa shape index (κ1) is 20.4. The molecule has 0 aliphatic carbocycles. The standard InChI is InChI=1S/C22H25N3O4/c1-13(2)9-19(25-16-6-7-18(22(26)27)23-12-16)17-10-20(29-14(17)3)15-5-8-21(28-4)24-11-15/h5-8,10-13,19,25H,9H2,1-4H3,(H,26,27). The van der Waals surface area contributed by atoms with Crippen molar-refractivity contribution in [2.75, 3.05) is 12.4 Å². The summed E-state index contributed by atoms with van der Waals surface area (Å²) < 4.78 is 11.1. The normalized spacial score (nSPS) is 12.0. The summed E-state index contributed by atoms with van der Waals surface area (Å²) in [5.41, 5.74) is 2.70. The number of pyridine rings is 2. The predicted molar refractivity (Wildman–Crippen MR) is 110 cm³/mol. The molecule has 3 rings (SSSR count). The van der Waals surface area contributed by atoms with Gasteiger partial charge in [-0.3, -0.25) is 0 Å². The van der Waals surface area contributed by atoms with E-state index in [2.05, 4.69) is 29.1 Å². The molecule has 3 heterocycles. The Balaban J connectivity index is 1.88. The number of anilines is 1. The molecule has 0 aliphatic heterocycles. The van der Waals surface area contributed by atoms with Gasteiger partial charge in [-0.2, -0.15) is 0 Å². The minimum absolute atomic E-state index is 0.00353. The van der Waals surface area contributed by atoms with Gasteiger partial charge in [-0.05, 0) is 43.5 Å². The van der Waals surface area contributed by atoms with Crippen molar-refractivity contribution in [3.8, 4) is 17.2 Å². The van der Waals surface area contributed by atoms with E-state index in [-0.39, 0.29) is 11.7 Å². The lowest BCUT2D eigenvalue weighted by atomic mass is 9.96. The topological polar surface area (TPSA) is 97.5 Å². The predicted octanol–water partition coefficient (Wildman–Crippen LogP) is 4.95. The number of aryl methyl sites for hydroxylation is 1. The van der Waals surface area contributed by atoms with Crippen LogP contribution in [-0.2, 0) is 0 Å². The number of hydrogen-bond donors (Lipinski definition) is 2. The molecule has 0 spiro atoms. The Bertz CT molecular complexity index is 963. The lowest BCUT2D eigenvalue weighted by Crippen LogP contribution is -2.14. The van der Waals surface area contributed by atoms with Crippen LogP contribution >= 0.6 is 0 Å². The van der Waals surface area contributed by atoms with Gasteiger partial charge in [0.25, 0.3) is 0 Å². The molecule has 152 valence electrons. The van der Waals surface area contributed by atoms with Crippen LogP contribution in [0, 0.1) is 12.8 Å². The van der Waals surface area contributed by atoms with Crippen molar-refractivity contribution in [1.82, 2.24) is 9.97 Å². The number of ether oxygens (including phenoxy) is 1. The van der Waals surface area contributed by atoms with Crippen molar-refractivity contribution in [1.29, 1.82) is 0 Å². The molecule has 0 aromatic carbocycles. The minimum Gasteiger partial charge on any atom is -0.481 e. The average molecular weight is 395 g/mol. The van der Waals surface area contributed by atoms with Crippen LogP contribution in [0.3, 0.4) is 0 Å². The number of carbonyl (C=O) groups is 1. The zero-order valence-corrected chi connectivity index (χ0v) is 17.0. The molecule has 0 amide bonds. The third kappa shape index (κ3) is 4.93. The van der Waals surface area contributed by atoms with Gasteiger partial charge >= 0.3 is 5.97 Å². The highest BCUT2D eigenvalue weighted by molar-refractivity contribution is 5.85. The lowest BCUT2D eigenvalue weighted by Gasteiger charge is -2.21. The summed E-state index contributed by atoms with van der Waals surface area (Å²) in [5.74, 6) is 1.51. The van der Waals surface area contributed by atoms with Gasteiger partial charge in [-0.1, -0.05) is 13.8 Å². The summed E-state index contributed by atoms with van der Waals surface area (Å²) in [7, 11) is 1.58. The fourth-order valence-electron chi connectivity index (χ4n) is 3.17. The molecule has 1 unspecified atom stereocenters. The Kier molecular flexibility index (Phi) is 6.16. The molecule has 0 bridgehead atoms. The first-order valence-electron chi connectivity index (χ1n) is 9.44. The van der Waals surface area contributed by atoms with Crippen LogP contribution in [0.5, 0.6) is 5.88 Å². The SMILES string of the molecule is COc1ccc(-c2cc(C(CC(C)C)Nc3ccc(C(=O)O)nc3)c(C)o2)cn1. The molecule has 0 saturated heterocycles. The van der Waals surface area contributed by atoms with Gasteiger partial charge in [0.05, 0.1) is 25.0 Å². The van der Waals surface area contributed by atoms with Crippen LogP contribution in [0.1, 0.15) is 48.1 Å². The van der Waals surface area contributed by atoms with Gasteiger partial charge in [-0.15, -0.1) is 0 Å². The highest BCUT2D eigenvalue weighted by atomic mass is 16.5. The minimum atomic E-state index is -1.04. The van der Waals surface area contributed by atoms with Gasteiger partial charge in [-0.25, -0.2) is 14.8 Å². The molecule has 29 heavy (non-hydrogen) atoms. The average Bonchev–Trinajstić information content (AvgIpc) is 3.09. The second-order valence-electron chi connectivity index (χ2n) is 7.28. The van der Waals surface area contributed by atoms with E-state index in [0.717, 1.165) is 34.8 Å². The number of rotatable bonds is 8. The maximum Gasteiger partial charge on any atom is 0.354 e. The monoisotopic (exact) mass is 395 g/mol. The Morgan fingerprint density at radius 3 is 2.55 bits per heavy atom. The van der Waals surface area contributed by atoms with Crippen molar-refractivity contribution < 1.29 is 19.1 Å². The Hall–Kier alpha value is -3.35. The molecule has 2 N–H and O–H groups in total. The van der Waals surface area contributed by atoms with Crippen molar-refractivity contribution in [2.24, 2.45) is 5.92 Å². The maximum absolute atomic E-state index is 11.0. The molecule has 3 aromatic rings. The molecule has 7 nitrogen and oxygen atoms in total. The van der Waals surface area contributed by atoms with E-state index in [1.807, 2.05) is 19.1 Å². The van der Waals surface area contributed by atoms with Crippen molar-refractivity contribution in [3.63, 3.8) is 0 Å². The molecule has 7 heteroatoms. The van der Waals surface area contributed by atoms with Crippen LogP contribution in [0.4, 0.5) is 5.69 Å². The molecule has 0 aliphatic rings. The molecule has 0 fully saturated rings. The van der Waals surface area contributed by atoms with Crippen LogP contribution in [-0.4, -0.2) is 28.2 Å². The maximum atomic E-state index is 11.0. The second-order valence-corrected chi connectivity index (χ2v) is 7.28. The Morgan fingerprint density at radius 1 is 1.21 bits per heavy atom. The van der Waals surface area contributed by atoms with E-state index >= 15 is 0 Å². The number of nitrogens with zero attached hydrogens (tertiary/aromatic N) is 2. The zero-order valence-electron chi connectivity index (χ0n) is 17.0. The third-order valence-electron chi connectivity index (χ3n) is 4.59. The fraction of sp³-hybridized carbons (Fsp3) is 0.318. The third-order valence-corrected chi connectivity index (χ3v) is 4.59. The van der Waals surface area contributed by atoms with Crippen LogP contribution in [0.15, 0.2) is 47.1 Å². The molecule has 1 atom stereocenters. The zero-order chi connectivity index (χ0) is 21.0. The summed E-state index contributed by atoms with van der Waals surface area (Å²) in [5, 5.41) is 12.5. The Labute approximate surface area is 169 Å². The van der Waals surface area contributed by atoms with E-state index in [1.165, 1.54) is 6.07 Å². The number of carboxylic acids is 1. The number of hydrogen-bond acceptors (Lipinski definition) is 6. The first-order chi connectivity index (χ1) is 13.9. The van der Waals surface area contributed by atoms with E-state index < -0.39 is 5.97 Å². The summed E-state index contributed by atoms with van der Waals surface area (Å²) in [4.78, 5) is 19.2. The van der Waals surface area contributed by atoms with Crippen molar-refractivity contribution >= 4 is 11.7 Å². The van der Waals surface area contributed by atoms with Gasteiger partial charge in [0.2, 0.25) is 5.88 Å². The molecular formula is C22H25N3O4. The van der Waals surface area contributed by atoms with Crippen LogP contribution in [0.2, 0.25) is 0 Å². The van der Waals surface area contributed by atoms with Gasteiger partial charge in [0.15, 0.2) is 0 Å². The summed E-state index contributed by atoms with van der Waals surface area (Å²) >= 11 is 0. The highest BCUT2D eigenvalue weighted by Gasteiger charge is 2.20. The summed E-state index contributed by atoms with van der Waals surface area (Å²) in [6, 6.07) is 8.95. The number of aromatic carboxylic acids is 1. The van der Waals surface area contributed by atoms with E-state index in [9.17, 15) is 4.79 Å². The van der Waals surface area contributed by atoms with Gasteiger partial charge in [0, 0.05) is 23.4 Å². The van der Waals surface area contributed by atoms with E-state index in [1.54, 1.807) is 31.6 Å². The van der Waals surface area contributed by atoms with Gasteiger partial charge in [0.1, 0.15) is 17.2 Å². The quantitative estimate of drug-likeness (QED) is 0.557. The summed E-state index contributed by atoms with van der Waals surface area (Å²) in [6.45, 7) is 6.25. The molecule has 3 aromatic heterocycles. The largest absolute Gasteiger partial charge is 0.481 e. The Morgan fingerprint density at radius 2 is 2.00 bits per heavy atom. The number of aromatic nitrogens is 2. The second kappa shape index (κ2) is 8.77. The number of nitrogens with one attached hydrogen (secondary N) is 1. The fourth-order valence-corrected chi connectivity index (χ4v) is 3.17. The van der Waals surface area contributed by atoms with Crippen molar-refractivity contribution in [2.45, 2.75) is 33.2 Å². The van der Waals surface area contributed by atoms with Gasteiger partial charge < -0.3 is 19.6 Å². The number of methoxy groups -OCH3 is 1. The van der Waals surface area contributed by atoms with E-state index in [4.69, 9.17) is 14.3 Å².